The molecule has 2 nitrogen and oxygen atoms in total. The molecule has 0 atom stereocenters. The van der Waals surface area contributed by atoms with Gasteiger partial charge < -0.3 is 5.32 Å². The first kappa shape index (κ1) is 12.8. The summed E-state index contributed by atoms with van der Waals surface area (Å²) in [5.74, 6) is -0.402. The van der Waals surface area contributed by atoms with Crippen LogP contribution in [0.2, 0.25) is 0 Å². The fourth-order valence-electron chi connectivity index (χ4n) is 1.66. The number of nitrogens with one attached hydrogen (secondary N) is 1. The SMILES string of the molecule is Cc1ccc(CNC(=O)Cc2cccc(F)c2)s1. The van der Waals surface area contributed by atoms with Gasteiger partial charge in [0, 0.05) is 9.75 Å². The van der Waals surface area contributed by atoms with Crippen molar-refractivity contribution in [3.63, 3.8) is 0 Å². The molecule has 0 unspecified atom stereocenters. The van der Waals surface area contributed by atoms with Crippen LogP contribution in [0.5, 0.6) is 0 Å². The van der Waals surface area contributed by atoms with E-state index >= 15 is 0 Å². The van der Waals surface area contributed by atoms with Gasteiger partial charge in [0.25, 0.3) is 0 Å². The third-order valence-corrected chi connectivity index (χ3v) is 3.51. The van der Waals surface area contributed by atoms with Crippen molar-refractivity contribution >= 4 is 17.2 Å². The van der Waals surface area contributed by atoms with Gasteiger partial charge in [0.1, 0.15) is 5.82 Å². The van der Waals surface area contributed by atoms with Gasteiger partial charge >= 0.3 is 0 Å². The number of amides is 1. The number of aryl methyl sites for hydroxylation is 1. The zero-order chi connectivity index (χ0) is 13.0. The first-order valence-electron chi connectivity index (χ1n) is 5.70. The van der Waals surface area contributed by atoms with Gasteiger partial charge in [0.15, 0.2) is 0 Å². The van der Waals surface area contributed by atoms with Crippen LogP contribution in [0.4, 0.5) is 4.39 Å². The van der Waals surface area contributed by atoms with Crippen molar-refractivity contribution in [2.75, 3.05) is 0 Å². The number of carbonyl (C=O) groups excluding carboxylic acids is 1. The van der Waals surface area contributed by atoms with E-state index in [2.05, 4.69) is 5.32 Å². The molecular formula is C14H14FNOS. The molecule has 0 radical (unpaired) electrons. The monoisotopic (exact) mass is 263 g/mol. The summed E-state index contributed by atoms with van der Waals surface area (Å²) in [5.41, 5.74) is 0.690. The standard InChI is InChI=1S/C14H14FNOS/c1-10-5-6-13(18-10)9-16-14(17)8-11-3-2-4-12(15)7-11/h2-7H,8-9H2,1H3,(H,16,17). The summed E-state index contributed by atoms with van der Waals surface area (Å²) in [6, 6.07) is 10.1. The molecule has 0 saturated heterocycles. The molecule has 0 spiro atoms. The molecular weight excluding hydrogens is 249 g/mol. The minimum absolute atomic E-state index is 0.0911. The maximum absolute atomic E-state index is 12.9. The summed E-state index contributed by atoms with van der Waals surface area (Å²) in [6.45, 7) is 2.56. The summed E-state index contributed by atoms with van der Waals surface area (Å²) >= 11 is 1.66. The van der Waals surface area contributed by atoms with E-state index in [-0.39, 0.29) is 18.1 Å². The molecule has 1 heterocycles. The van der Waals surface area contributed by atoms with Crippen LogP contribution in [0, 0.1) is 12.7 Å². The molecule has 0 aliphatic rings. The van der Waals surface area contributed by atoms with Gasteiger partial charge in [-0.15, -0.1) is 11.3 Å². The quantitative estimate of drug-likeness (QED) is 0.902. The molecule has 18 heavy (non-hydrogen) atoms. The Bertz CT molecular complexity index is 550. The average Bonchev–Trinajstić information content (AvgIpc) is 2.73. The fourth-order valence-corrected chi connectivity index (χ4v) is 2.49. The highest BCUT2D eigenvalue weighted by Crippen LogP contribution is 2.14. The highest BCUT2D eigenvalue weighted by Gasteiger charge is 2.05. The van der Waals surface area contributed by atoms with Gasteiger partial charge in [-0.2, -0.15) is 0 Å². The van der Waals surface area contributed by atoms with Crippen molar-refractivity contribution < 1.29 is 9.18 Å². The summed E-state index contributed by atoms with van der Waals surface area (Å²) in [6.07, 6.45) is 0.210. The molecule has 0 bridgehead atoms. The second-order valence-corrected chi connectivity index (χ2v) is 5.47. The third-order valence-electron chi connectivity index (χ3n) is 2.51. The molecule has 1 aromatic carbocycles. The molecule has 1 N–H and O–H groups in total. The molecule has 2 aromatic rings. The van der Waals surface area contributed by atoms with Gasteiger partial charge in [-0.05, 0) is 36.8 Å². The van der Waals surface area contributed by atoms with Crippen LogP contribution in [-0.2, 0) is 17.8 Å². The van der Waals surface area contributed by atoms with Crippen molar-refractivity contribution in [3.05, 3.63) is 57.5 Å². The normalized spacial score (nSPS) is 10.3. The van der Waals surface area contributed by atoms with Crippen LogP contribution in [0.1, 0.15) is 15.3 Å². The van der Waals surface area contributed by atoms with E-state index in [1.165, 1.54) is 17.0 Å². The van der Waals surface area contributed by atoms with E-state index in [4.69, 9.17) is 0 Å². The van der Waals surface area contributed by atoms with Crippen molar-refractivity contribution in [2.45, 2.75) is 19.9 Å². The number of halogens is 1. The van der Waals surface area contributed by atoms with Crippen molar-refractivity contribution in [3.8, 4) is 0 Å². The lowest BCUT2D eigenvalue weighted by atomic mass is 10.1. The van der Waals surface area contributed by atoms with E-state index in [9.17, 15) is 9.18 Å². The van der Waals surface area contributed by atoms with Crippen LogP contribution >= 0.6 is 11.3 Å². The Balaban J connectivity index is 1.85. The minimum atomic E-state index is -0.311. The third kappa shape index (κ3) is 3.67. The Morgan fingerprint density at radius 1 is 1.33 bits per heavy atom. The van der Waals surface area contributed by atoms with E-state index in [1.54, 1.807) is 23.5 Å². The summed E-state index contributed by atoms with van der Waals surface area (Å²) in [4.78, 5) is 14.0. The molecule has 0 saturated carbocycles. The van der Waals surface area contributed by atoms with E-state index < -0.39 is 0 Å². The summed E-state index contributed by atoms with van der Waals surface area (Å²) in [7, 11) is 0. The predicted molar refractivity (Wildman–Crippen MR) is 71.0 cm³/mol. The zero-order valence-electron chi connectivity index (χ0n) is 10.1. The second kappa shape index (κ2) is 5.78. The van der Waals surface area contributed by atoms with Crippen LogP contribution in [0.25, 0.3) is 0 Å². The van der Waals surface area contributed by atoms with E-state index in [0.29, 0.717) is 12.1 Å². The van der Waals surface area contributed by atoms with Crippen molar-refractivity contribution in [1.29, 1.82) is 0 Å². The Kier molecular flexibility index (Phi) is 4.10. The number of benzene rings is 1. The largest absolute Gasteiger partial charge is 0.351 e. The minimum Gasteiger partial charge on any atom is -0.351 e. The van der Waals surface area contributed by atoms with Gasteiger partial charge in [-0.3, -0.25) is 4.79 Å². The van der Waals surface area contributed by atoms with Crippen LogP contribution in [0.15, 0.2) is 36.4 Å². The lowest BCUT2D eigenvalue weighted by Crippen LogP contribution is -2.24. The Morgan fingerprint density at radius 2 is 2.17 bits per heavy atom. The fraction of sp³-hybridized carbons (Fsp3) is 0.214. The maximum atomic E-state index is 12.9. The lowest BCUT2D eigenvalue weighted by Gasteiger charge is -2.04. The average molecular weight is 263 g/mol. The Morgan fingerprint density at radius 3 is 2.83 bits per heavy atom. The van der Waals surface area contributed by atoms with Crippen LogP contribution < -0.4 is 5.32 Å². The van der Waals surface area contributed by atoms with Gasteiger partial charge in [0.2, 0.25) is 5.91 Å². The first-order valence-corrected chi connectivity index (χ1v) is 6.51. The Labute approximate surface area is 109 Å². The number of thiophene rings is 1. The van der Waals surface area contributed by atoms with E-state index in [1.807, 2.05) is 19.1 Å². The molecule has 0 fully saturated rings. The highest BCUT2D eigenvalue weighted by molar-refractivity contribution is 7.11. The summed E-state index contributed by atoms with van der Waals surface area (Å²) < 4.78 is 12.9. The van der Waals surface area contributed by atoms with Crippen molar-refractivity contribution in [1.82, 2.24) is 5.32 Å². The zero-order valence-corrected chi connectivity index (χ0v) is 10.9. The summed E-state index contributed by atoms with van der Waals surface area (Å²) in [5, 5.41) is 2.83. The Hall–Kier alpha value is -1.68. The molecule has 94 valence electrons. The molecule has 0 aliphatic carbocycles. The van der Waals surface area contributed by atoms with Crippen LogP contribution in [0.3, 0.4) is 0 Å². The van der Waals surface area contributed by atoms with Crippen molar-refractivity contribution in [2.24, 2.45) is 0 Å². The van der Waals surface area contributed by atoms with Crippen LogP contribution in [-0.4, -0.2) is 5.91 Å². The van der Waals surface area contributed by atoms with E-state index in [0.717, 1.165) is 4.88 Å². The number of hydrogen-bond acceptors (Lipinski definition) is 2. The molecule has 1 aromatic heterocycles. The predicted octanol–water partition coefficient (Wildman–Crippen LogP) is 3.05. The molecule has 4 heteroatoms. The topological polar surface area (TPSA) is 29.1 Å². The smallest absolute Gasteiger partial charge is 0.224 e. The lowest BCUT2D eigenvalue weighted by molar-refractivity contribution is -0.120. The highest BCUT2D eigenvalue weighted by atomic mass is 32.1. The van der Waals surface area contributed by atoms with Gasteiger partial charge in [-0.25, -0.2) is 4.39 Å². The maximum Gasteiger partial charge on any atom is 0.224 e. The molecule has 2 rings (SSSR count). The number of carbonyl (C=O) groups is 1. The van der Waals surface area contributed by atoms with Gasteiger partial charge in [0.05, 0.1) is 13.0 Å². The molecule has 1 amide bonds. The number of hydrogen-bond donors (Lipinski definition) is 1. The van der Waals surface area contributed by atoms with Gasteiger partial charge in [-0.1, -0.05) is 12.1 Å². The first-order chi connectivity index (χ1) is 8.63. The molecule has 0 aliphatic heterocycles. The number of rotatable bonds is 4. The second-order valence-electron chi connectivity index (χ2n) is 4.10.